The van der Waals surface area contributed by atoms with Gasteiger partial charge in [-0.2, -0.15) is 4.31 Å². The van der Waals surface area contributed by atoms with Gasteiger partial charge in [-0.1, -0.05) is 26.0 Å². The number of sulfonamides is 1. The van der Waals surface area contributed by atoms with E-state index in [1.807, 2.05) is 28.8 Å². The summed E-state index contributed by atoms with van der Waals surface area (Å²) in [4.78, 5) is 17.0. The molecule has 0 aliphatic rings. The number of imidazole rings is 1. The second-order valence-electron chi connectivity index (χ2n) is 6.34. The van der Waals surface area contributed by atoms with E-state index in [0.717, 1.165) is 5.65 Å². The van der Waals surface area contributed by atoms with Crippen molar-refractivity contribution in [2.75, 3.05) is 13.1 Å². The lowest BCUT2D eigenvalue weighted by atomic mass is 10.1. The Morgan fingerprint density at radius 3 is 2.61 bits per heavy atom. The molecule has 0 atom stereocenters. The number of nitrogens with zero attached hydrogens (tertiary/aromatic N) is 3. The molecule has 3 aromatic rings. The lowest BCUT2D eigenvalue weighted by Gasteiger charge is -2.19. The average Bonchev–Trinajstić information content (AvgIpc) is 3.10. The van der Waals surface area contributed by atoms with Crippen LogP contribution in [0.2, 0.25) is 0 Å². The van der Waals surface area contributed by atoms with E-state index in [-0.39, 0.29) is 17.1 Å². The van der Waals surface area contributed by atoms with Crippen LogP contribution in [-0.2, 0) is 21.4 Å². The molecule has 0 aliphatic heterocycles. The highest BCUT2D eigenvalue weighted by molar-refractivity contribution is 7.89. The monoisotopic (exact) mass is 401 g/mol. The number of hydrogen-bond acceptors (Lipinski definition) is 5. The first kappa shape index (κ1) is 20.0. The first-order chi connectivity index (χ1) is 13.4. The van der Waals surface area contributed by atoms with Gasteiger partial charge in [0.2, 0.25) is 10.0 Å². The van der Waals surface area contributed by atoms with Gasteiger partial charge in [-0.15, -0.1) is 0 Å². The Morgan fingerprint density at radius 2 is 1.93 bits per heavy atom. The zero-order valence-corrected chi connectivity index (χ0v) is 16.9. The van der Waals surface area contributed by atoms with Crippen LogP contribution in [0.1, 0.15) is 35.5 Å². The zero-order chi connectivity index (χ0) is 20.3. The molecule has 2 heterocycles. The highest BCUT2D eigenvalue weighted by atomic mass is 32.2. The van der Waals surface area contributed by atoms with Crippen molar-refractivity contribution < 1.29 is 17.9 Å². The standard InChI is InChI=1S/C20H23N3O4S/c1-4-23(5-2)28(25,26)17-10-9-15(3)18(12-17)20(24)27-14-16-13-22-11-7-6-8-19(22)21-16/h6-13H,4-5,14H2,1-3H3. The van der Waals surface area contributed by atoms with Crippen LogP contribution in [0.25, 0.3) is 5.65 Å². The molecule has 0 saturated heterocycles. The lowest BCUT2D eigenvalue weighted by molar-refractivity contribution is 0.0467. The Hall–Kier alpha value is -2.71. The Morgan fingerprint density at radius 1 is 1.18 bits per heavy atom. The minimum atomic E-state index is -3.65. The van der Waals surface area contributed by atoms with Gasteiger partial charge in [0.1, 0.15) is 12.3 Å². The van der Waals surface area contributed by atoms with Crippen LogP contribution >= 0.6 is 0 Å². The van der Waals surface area contributed by atoms with Crippen molar-refractivity contribution in [3.63, 3.8) is 0 Å². The van der Waals surface area contributed by atoms with E-state index in [1.54, 1.807) is 33.0 Å². The predicted octanol–water partition coefficient (Wildman–Crippen LogP) is 3.03. The highest BCUT2D eigenvalue weighted by Crippen LogP contribution is 2.20. The molecule has 0 saturated carbocycles. The van der Waals surface area contributed by atoms with Crippen molar-refractivity contribution in [2.45, 2.75) is 32.3 Å². The summed E-state index contributed by atoms with van der Waals surface area (Å²) in [5, 5.41) is 0. The van der Waals surface area contributed by atoms with Crippen LogP contribution in [0.15, 0.2) is 53.7 Å². The average molecular weight is 401 g/mol. The number of carbonyl (C=O) groups excluding carboxylic acids is 1. The number of hydrogen-bond donors (Lipinski definition) is 0. The van der Waals surface area contributed by atoms with Gasteiger partial charge in [-0.25, -0.2) is 18.2 Å². The molecule has 28 heavy (non-hydrogen) atoms. The van der Waals surface area contributed by atoms with Crippen molar-refractivity contribution >= 4 is 21.6 Å². The molecule has 0 unspecified atom stereocenters. The van der Waals surface area contributed by atoms with E-state index in [1.165, 1.54) is 16.4 Å². The summed E-state index contributed by atoms with van der Waals surface area (Å²) in [7, 11) is -3.65. The number of aryl methyl sites for hydroxylation is 1. The molecule has 2 aromatic heterocycles. The third-order valence-electron chi connectivity index (χ3n) is 4.54. The molecule has 0 N–H and O–H groups in total. The van der Waals surface area contributed by atoms with Gasteiger partial charge >= 0.3 is 5.97 Å². The lowest BCUT2D eigenvalue weighted by Crippen LogP contribution is -2.30. The van der Waals surface area contributed by atoms with E-state index in [2.05, 4.69) is 4.98 Å². The molecule has 3 rings (SSSR count). The minimum Gasteiger partial charge on any atom is -0.456 e. The Labute approximate surface area is 164 Å². The largest absolute Gasteiger partial charge is 0.456 e. The van der Waals surface area contributed by atoms with Crippen LogP contribution in [-0.4, -0.2) is 41.2 Å². The normalized spacial score (nSPS) is 11.9. The van der Waals surface area contributed by atoms with Crippen molar-refractivity contribution in [3.05, 3.63) is 65.6 Å². The molecule has 0 aliphatic carbocycles. The summed E-state index contributed by atoms with van der Waals surface area (Å²) < 4.78 is 34.0. The van der Waals surface area contributed by atoms with E-state index in [9.17, 15) is 13.2 Å². The Bertz CT molecular complexity index is 1070. The van der Waals surface area contributed by atoms with E-state index in [0.29, 0.717) is 24.3 Å². The Kier molecular flexibility index (Phi) is 5.81. The summed E-state index contributed by atoms with van der Waals surface area (Å²) in [5.74, 6) is -0.578. The molecule has 0 spiro atoms. The van der Waals surface area contributed by atoms with Crippen molar-refractivity contribution in [3.8, 4) is 0 Å². The molecule has 148 valence electrons. The van der Waals surface area contributed by atoms with E-state index >= 15 is 0 Å². The molecule has 1 aromatic carbocycles. The quantitative estimate of drug-likeness (QED) is 0.569. The number of esters is 1. The van der Waals surface area contributed by atoms with Gasteiger partial charge in [0.15, 0.2) is 0 Å². The van der Waals surface area contributed by atoms with Gasteiger partial charge in [-0.05, 0) is 36.8 Å². The van der Waals surface area contributed by atoms with Crippen LogP contribution in [0, 0.1) is 6.92 Å². The van der Waals surface area contributed by atoms with Crippen molar-refractivity contribution in [1.82, 2.24) is 13.7 Å². The third-order valence-corrected chi connectivity index (χ3v) is 6.58. The molecule has 7 nitrogen and oxygen atoms in total. The molecular formula is C20H23N3O4S. The predicted molar refractivity (Wildman–Crippen MR) is 106 cm³/mol. The summed E-state index contributed by atoms with van der Waals surface area (Å²) in [5.41, 5.74) is 2.26. The topological polar surface area (TPSA) is 81.0 Å². The van der Waals surface area contributed by atoms with Gasteiger partial charge in [0, 0.05) is 25.5 Å². The van der Waals surface area contributed by atoms with Crippen LogP contribution < -0.4 is 0 Å². The van der Waals surface area contributed by atoms with Crippen LogP contribution in [0.3, 0.4) is 0 Å². The summed E-state index contributed by atoms with van der Waals surface area (Å²) in [6.45, 7) is 6.03. The first-order valence-corrected chi connectivity index (χ1v) is 10.5. The molecule has 0 fully saturated rings. The maximum atomic E-state index is 12.7. The van der Waals surface area contributed by atoms with E-state index < -0.39 is 16.0 Å². The zero-order valence-electron chi connectivity index (χ0n) is 16.1. The fourth-order valence-electron chi connectivity index (χ4n) is 2.97. The summed E-state index contributed by atoms with van der Waals surface area (Å²) in [6.07, 6.45) is 3.65. The second-order valence-corrected chi connectivity index (χ2v) is 8.28. The fraction of sp³-hybridized carbons (Fsp3) is 0.300. The van der Waals surface area contributed by atoms with Gasteiger partial charge in [0.05, 0.1) is 16.2 Å². The van der Waals surface area contributed by atoms with Gasteiger partial charge in [0.25, 0.3) is 0 Å². The van der Waals surface area contributed by atoms with E-state index in [4.69, 9.17) is 4.74 Å². The second kappa shape index (κ2) is 8.12. The van der Waals surface area contributed by atoms with Gasteiger partial charge < -0.3 is 9.14 Å². The van der Waals surface area contributed by atoms with Crippen LogP contribution in [0.5, 0.6) is 0 Å². The highest BCUT2D eigenvalue weighted by Gasteiger charge is 2.24. The summed E-state index contributed by atoms with van der Waals surface area (Å²) >= 11 is 0. The van der Waals surface area contributed by atoms with Crippen LogP contribution in [0.4, 0.5) is 0 Å². The number of pyridine rings is 1. The maximum absolute atomic E-state index is 12.7. The number of benzene rings is 1. The number of aromatic nitrogens is 2. The maximum Gasteiger partial charge on any atom is 0.338 e. The van der Waals surface area contributed by atoms with Crippen molar-refractivity contribution in [2.24, 2.45) is 0 Å². The SMILES string of the molecule is CCN(CC)S(=O)(=O)c1ccc(C)c(C(=O)OCc2cn3ccccc3n2)c1. The number of fused-ring (bicyclic) bond motifs is 1. The number of carbonyl (C=O) groups is 1. The molecule has 0 amide bonds. The molecule has 0 bridgehead atoms. The minimum absolute atomic E-state index is 0.00692. The third kappa shape index (κ3) is 3.93. The smallest absolute Gasteiger partial charge is 0.338 e. The fourth-order valence-corrected chi connectivity index (χ4v) is 4.45. The molecule has 0 radical (unpaired) electrons. The first-order valence-electron chi connectivity index (χ1n) is 9.07. The van der Waals surface area contributed by atoms with Gasteiger partial charge in [-0.3, -0.25) is 0 Å². The summed E-state index contributed by atoms with van der Waals surface area (Å²) in [6, 6.07) is 10.1. The number of ether oxygens (including phenoxy) is 1. The molecular weight excluding hydrogens is 378 g/mol. The Balaban J connectivity index is 1.81. The number of rotatable bonds is 7. The van der Waals surface area contributed by atoms with Crippen molar-refractivity contribution in [1.29, 1.82) is 0 Å². The molecule has 8 heteroatoms.